The second kappa shape index (κ2) is 5.90. The first-order valence-corrected chi connectivity index (χ1v) is 7.01. The molecule has 0 aromatic heterocycles. The van der Waals surface area contributed by atoms with E-state index < -0.39 is 5.54 Å². The van der Waals surface area contributed by atoms with Crippen LogP contribution >= 0.6 is 23.2 Å². The summed E-state index contributed by atoms with van der Waals surface area (Å²) in [7, 11) is 0. The average Bonchev–Trinajstić information content (AvgIpc) is 3.25. The molecule has 4 nitrogen and oxygen atoms in total. The third kappa shape index (κ3) is 3.36. The van der Waals surface area contributed by atoms with Crippen molar-refractivity contribution in [3.05, 3.63) is 28.2 Å². The lowest BCUT2D eigenvalue weighted by atomic mass is 9.98. The van der Waals surface area contributed by atoms with Crippen molar-refractivity contribution in [3.8, 4) is 11.8 Å². The van der Waals surface area contributed by atoms with E-state index in [1.54, 1.807) is 25.1 Å². The molecule has 2 rings (SSSR count). The summed E-state index contributed by atoms with van der Waals surface area (Å²) in [5, 5.41) is 12.5. The Kier molecular flexibility index (Phi) is 4.42. The Hall–Kier alpha value is -1.44. The highest BCUT2D eigenvalue weighted by Crippen LogP contribution is 2.39. The number of amides is 1. The van der Waals surface area contributed by atoms with Gasteiger partial charge in [0.05, 0.1) is 11.1 Å². The van der Waals surface area contributed by atoms with Gasteiger partial charge in [-0.05, 0) is 37.8 Å². The second-order valence-electron chi connectivity index (χ2n) is 4.98. The second-order valence-corrected chi connectivity index (χ2v) is 5.76. The lowest BCUT2D eigenvalue weighted by molar-refractivity contribution is -0.124. The van der Waals surface area contributed by atoms with Crippen LogP contribution in [0.25, 0.3) is 0 Å². The third-order valence-corrected chi connectivity index (χ3v) is 4.10. The van der Waals surface area contributed by atoms with Crippen molar-refractivity contribution in [1.82, 2.24) is 5.32 Å². The number of rotatable bonds is 5. The van der Waals surface area contributed by atoms with E-state index in [1.807, 2.05) is 0 Å². The number of nitrogens with one attached hydrogen (secondary N) is 1. The van der Waals surface area contributed by atoms with Crippen molar-refractivity contribution in [3.63, 3.8) is 0 Å². The van der Waals surface area contributed by atoms with Gasteiger partial charge in [0.1, 0.15) is 16.3 Å². The Balaban J connectivity index is 1.92. The van der Waals surface area contributed by atoms with Gasteiger partial charge in [0.25, 0.3) is 5.91 Å². The zero-order valence-electron chi connectivity index (χ0n) is 11.0. The summed E-state index contributed by atoms with van der Waals surface area (Å²) in [4.78, 5) is 11.9. The highest BCUT2D eigenvalue weighted by atomic mass is 35.5. The van der Waals surface area contributed by atoms with Gasteiger partial charge >= 0.3 is 0 Å². The van der Waals surface area contributed by atoms with E-state index in [4.69, 9.17) is 33.2 Å². The molecule has 1 atom stereocenters. The van der Waals surface area contributed by atoms with E-state index in [0.717, 1.165) is 12.8 Å². The van der Waals surface area contributed by atoms with Crippen LogP contribution in [0.2, 0.25) is 10.0 Å². The molecule has 0 spiro atoms. The highest BCUT2D eigenvalue weighted by molar-refractivity contribution is 6.42. The normalized spacial score (nSPS) is 16.9. The molecule has 1 aromatic carbocycles. The number of hydrogen-bond donors (Lipinski definition) is 1. The van der Waals surface area contributed by atoms with E-state index >= 15 is 0 Å². The maximum atomic E-state index is 11.9. The van der Waals surface area contributed by atoms with Gasteiger partial charge in [-0.1, -0.05) is 29.3 Å². The van der Waals surface area contributed by atoms with E-state index in [0.29, 0.717) is 10.8 Å². The summed E-state index contributed by atoms with van der Waals surface area (Å²) >= 11 is 11.8. The molecular formula is C14H14Cl2N2O2. The fourth-order valence-electron chi connectivity index (χ4n) is 1.95. The zero-order valence-corrected chi connectivity index (χ0v) is 12.5. The Bertz CT molecular complexity index is 567. The minimum atomic E-state index is -0.821. The number of nitriles is 1. The van der Waals surface area contributed by atoms with Gasteiger partial charge in [0, 0.05) is 0 Å². The molecule has 1 aliphatic carbocycles. The van der Waals surface area contributed by atoms with Crippen molar-refractivity contribution in [2.75, 3.05) is 6.61 Å². The van der Waals surface area contributed by atoms with Crippen molar-refractivity contribution in [1.29, 1.82) is 5.26 Å². The standard InChI is InChI=1S/C14H14Cl2N2O2/c1-14(8-17,9-5-6-9)18-12(19)7-20-11-4-2-3-10(15)13(11)16/h2-4,9H,5-7H2,1H3,(H,18,19). The summed E-state index contributed by atoms with van der Waals surface area (Å²) in [5.41, 5.74) is -0.821. The minimum absolute atomic E-state index is 0.204. The monoisotopic (exact) mass is 312 g/mol. The molecule has 1 unspecified atom stereocenters. The van der Waals surface area contributed by atoms with Crippen molar-refractivity contribution in [2.24, 2.45) is 5.92 Å². The van der Waals surface area contributed by atoms with Gasteiger partial charge in [-0.15, -0.1) is 0 Å². The van der Waals surface area contributed by atoms with Crippen LogP contribution in [-0.2, 0) is 4.79 Å². The maximum absolute atomic E-state index is 11.9. The van der Waals surface area contributed by atoms with Crippen molar-refractivity contribution < 1.29 is 9.53 Å². The predicted octanol–water partition coefficient (Wildman–Crippen LogP) is 3.18. The number of carbonyl (C=O) groups excluding carboxylic acids is 1. The molecule has 0 saturated heterocycles. The van der Waals surface area contributed by atoms with E-state index in [2.05, 4.69) is 11.4 Å². The first kappa shape index (κ1) is 15.0. The van der Waals surface area contributed by atoms with Crippen LogP contribution in [0.3, 0.4) is 0 Å². The summed E-state index contributed by atoms with van der Waals surface area (Å²) in [6, 6.07) is 7.11. The largest absolute Gasteiger partial charge is 0.482 e. The molecule has 0 aliphatic heterocycles. The SMILES string of the molecule is CC(C#N)(NC(=O)COc1cccc(Cl)c1Cl)C1CC1. The van der Waals surface area contributed by atoms with Crippen LogP contribution < -0.4 is 10.1 Å². The van der Waals surface area contributed by atoms with E-state index in [1.165, 1.54) is 0 Å². The summed E-state index contributed by atoms with van der Waals surface area (Å²) in [5.74, 6) is 0.225. The fraction of sp³-hybridized carbons (Fsp3) is 0.429. The van der Waals surface area contributed by atoms with Crippen LogP contribution in [0.15, 0.2) is 18.2 Å². The van der Waals surface area contributed by atoms with Crippen LogP contribution in [0.4, 0.5) is 0 Å². The summed E-state index contributed by atoms with van der Waals surface area (Å²) < 4.78 is 5.33. The van der Waals surface area contributed by atoms with Gasteiger partial charge < -0.3 is 10.1 Å². The molecule has 1 saturated carbocycles. The van der Waals surface area contributed by atoms with Crippen LogP contribution in [0, 0.1) is 17.2 Å². The number of halogens is 2. The van der Waals surface area contributed by atoms with Gasteiger partial charge in [0.15, 0.2) is 6.61 Å². The summed E-state index contributed by atoms with van der Waals surface area (Å²) in [6.07, 6.45) is 1.93. The zero-order chi connectivity index (χ0) is 14.8. The molecule has 0 bridgehead atoms. The highest BCUT2D eigenvalue weighted by Gasteiger charge is 2.43. The first-order valence-electron chi connectivity index (χ1n) is 6.25. The molecule has 20 heavy (non-hydrogen) atoms. The van der Waals surface area contributed by atoms with Gasteiger partial charge in [-0.3, -0.25) is 4.79 Å². The number of ether oxygens (including phenoxy) is 1. The van der Waals surface area contributed by atoms with Gasteiger partial charge in [-0.25, -0.2) is 0 Å². The molecule has 6 heteroatoms. The number of hydrogen-bond acceptors (Lipinski definition) is 3. The number of carbonyl (C=O) groups is 1. The van der Waals surface area contributed by atoms with Crippen LogP contribution in [-0.4, -0.2) is 18.1 Å². The number of nitrogens with zero attached hydrogens (tertiary/aromatic N) is 1. The first-order chi connectivity index (χ1) is 9.46. The van der Waals surface area contributed by atoms with Crippen molar-refractivity contribution in [2.45, 2.75) is 25.3 Å². The Morgan fingerprint density at radius 2 is 2.25 bits per heavy atom. The Morgan fingerprint density at radius 3 is 2.85 bits per heavy atom. The molecule has 106 valence electrons. The van der Waals surface area contributed by atoms with Crippen molar-refractivity contribution >= 4 is 29.1 Å². The fourth-order valence-corrected chi connectivity index (χ4v) is 2.29. The molecule has 1 fully saturated rings. The van der Waals surface area contributed by atoms with E-state index in [9.17, 15) is 4.79 Å². The Labute approximate surface area is 127 Å². The van der Waals surface area contributed by atoms with Crippen LogP contribution in [0.5, 0.6) is 5.75 Å². The molecule has 1 N–H and O–H groups in total. The number of benzene rings is 1. The quantitative estimate of drug-likeness (QED) is 0.908. The molecule has 1 amide bonds. The minimum Gasteiger partial charge on any atom is -0.482 e. The van der Waals surface area contributed by atoms with Crippen LogP contribution in [0.1, 0.15) is 19.8 Å². The average molecular weight is 313 g/mol. The smallest absolute Gasteiger partial charge is 0.259 e. The maximum Gasteiger partial charge on any atom is 0.259 e. The molecule has 0 heterocycles. The predicted molar refractivity (Wildman–Crippen MR) is 76.8 cm³/mol. The van der Waals surface area contributed by atoms with Gasteiger partial charge in [-0.2, -0.15) is 5.26 Å². The van der Waals surface area contributed by atoms with E-state index in [-0.39, 0.29) is 23.5 Å². The topological polar surface area (TPSA) is 62.1 Å². The molecule has 1 aliphatic rings. The molecule has 0 radical (unpaired) electrons. The van der Waals surface area contributed by atoms with Gasteiger partial charge in [0.2, 0.25) is 0 Å². The third-order valence-electron chi connectivity index (χ3n) is 3.30. The lowest BCUT2D eigenvalue weighted by Crippen LogP contribution is -2.48. The molecular weight excluding hydrogens is 299 g/mol. The molecule has 1 aromatic rings. The lowest BCUT2D eigenvalue weighted by Gasteiger charge is -2.22. The Morgan fingerprint density at radius 1 is 1.55 bits per heavy atom. The summed E-state index contributed by atoms with van der Waals surface area (Å²) in [6.45, 7) is 1.53.